The molecule has 0 unspecified atom stereocenters. The van der Waals surface area contributed by atoms with Crippen LogP contribution in [-0.2, 0) is 0 Å². The molecule has 7 nitrogen and oxygen atoms in total. The van der Waals surface area contributed by atoms with Gasteiger partial charge < -0.3 is 10.6 Å². The molecule has 2 atom stereocenters. The van der Waals surface area contributed by atoms with Crippen LogP contribution >= 0.6 is 11.6 Å². The van der Waals surface area contributed by atoms with E-state index in [1.54, 1.807) is 49.3 Å². The molecule has 2 aliphatic rings. The zero-order valence-corrected chi connectivity index (χ0v) is 23.3. The highest BCUT2D eigenvalue weighted by Gasteiger charge is 2.45. The van der Waals surface area contributed by atoms with Gasteiger partial charge in [0.2, 0.25) is 0 Å². The monoisotopic (exact) mass is 548 g/mol. The number of allylic oxidation sites excluding steroid dienone is 1. The summed E-state index contributed by atoms with van der Waals surface area (Å²) < 4.78 is 17.0. The van der Waals surface area contributed by atoms with Gasteiger partial charge in [0.15, 0.2) is 5.71 Å². The number of benzene rings is 1. The number of halogens is 2. The van der Waals surface area contributed by atoms with Crippen molar-refractivity contribution in [2.75, 3.05) is 20.6 Å². The number of nitrogens with one attached hydrogen (secondary N) is 1. The molecule has 202 valence electrons. The van der Waals surface area contributed by atoms with E-state index < -0.39 is 11.7 Å². The molecule has 0 saturated heterocycles. The number of nitrogens with zero attached hydrogens (tertiary/aromatic N) is 3. The minimum Gasteiger partial charge on any atom is -0.404 e. The van der Waals surface area contributed by atoms with Gasteiger partial charge >= 0.3 is 0 Å². The van der Waals surface area contributed by atoms with E-state index in [1.165, 1.54) is 16.7 Å². The fraction of sp³-hybridized carbons (Fsp3) is 0.333. The number of aromatic nitrogens is 2. The summed E-state index contributed by atoms with van der Waals surface area (Å²) in [6.07, 6.45) is 6.24. The van der Waals surface area contributed by atoms with Crippen LogP contribution in [0.25, 0.3) is 16.9 Å². The molecule has 3 heterocycles. The SMILES string of the molecule is Cc1cnc(-c2cccc(C(=O)N(C)C)c2F)cc1-n1c(C)cc([C@H]2C[C@@H]2/C(=C/N)C2=[NH+]CCC2)c(Cl)c1=O. The number of rotatable bonds is 6. The summed E-state index contributed by atoms with van der Waals surface area (Å²) in [7, 11) is 3.14. The van der Waals surface area contributed by atoms with Crippen LogP contribution in [0.1, 0.15) is 52.4 Å². The fourth-order valence-electron chi connectivity index (χ4n) is 5.51. The molecule has 1 aliphatic carbocycles. The van der Waals surface area contributed by atoms with Crippen LogP contribution in [0.15, 0.2) is 53.1 Å². The number of hydrogen-bond donors (Lipinski definition) is 2. The van der Waals surface area contributed by atoms with Crippen molar-refractivity contribution in [1.29, 1.82) is 0 Å². The Balaban J connectivity index is 1.53. The van der Waals surface area contributed by atoms with Crippen LogP contribution in [0.3, 0.4) is 0 Å². The zero-order chi connectivity index (χ0) is 28.0. The minimum atomic E-state index is -0.658. The molecule has 0 spiro atoms. The van der Waals surface area contributed by atoms with E-state index in [2.05, 4.69) is 9.98 Å². The van der Waals surface area contributed by atoms with Crippen molar-refractivity contribution in [2.45, 2.75) is 39.0 Å². The van der Waals surface area contributed by atoms with Crippen molar-refractivity contribution < 1.29 is 14.2 Å². The maximum Gasteiger partial charge on any atom is 0.274 e. The predicted octanol–water partition coefficient (Wildman–Crippen LogP) is 3.27. The molecule has 0 bridgehead atoms. The summed E-state index contributed by atoms with van der Waals surface area (Å²) in [5, 5.41) is 0.177. The first kappa shape index (κ1) is 26.8. The van der Waals surface area contributed by atoms with Gasteiger partial charge in [0.05, 0.1) is 16.9 Å². The smallest absolute Gasteiger partial charge is 0.274 e. The van der Waals surface area contributed by atoms with Gasteiger partial charge in [-0.25, -0.2) is 9.38 Å². The number of amides is 1. The van der Waals surface area contributed by atoms with Gasteiger partial charge in [0.25, 0.3) is 11.5 Å². The van der Waals surface area contributed by atoms with E-state index in [0.29, 0.717) is 17.1 Å². The van der Waals surface area contributed by atoms with E-state index in [0.717, 1.165) is 42.5 Å². The minimum absolute atomic E-state index is 0.0435. The third-order valence-electron chi connectivity index (χ3n) is 7.65. The Bertz CT molecular complexity index is 1610. The first-order valence-corrected chi connectivity index (χ1v) is 13.4. The highest BCUT2D eigenvalue weighted by molar-refractivity contribution is 6.31. The Labute approximate surface area is 231 Å². The lowest BCUT2D eigenvalue weighted by atomic mass is 10.00. The fourth-order valence-corrected chi connectivity index (χ4v) is 5.79. The van der Waals surface area contributed by atoms with Crippen LogP contribution < -0.4 is 16.3 Å². The van der Waals surface area contributed by atoms with Gasteiger partial charge in [-0.1, -0.05) is 17.7 Å². The molecule has 0 radical (unpaired) electrons. The van der Waals surface area contributed by atoms with Crippen molar-refractivity contribution in [3.63, 3.8) is 0 Å². The lowest BCUT2D eigenvalue weighted by Gasteiger charge is -2.17. The molecule has 9 heteroatoms. The molecule has 3 aromatic rings. The second-order valence-electron chi connectivity index (χ2n) is 10.5. The number of pyridine rings is 2. The predicted molar refractivity (Wildman–Crippen MR) is 151 cm³/mol. The summed E-state index contributed by atoms with van der Waals surface area (Å²) in [5.41, 5.74) is 11.2. The van der Waals surface area contributed by atoms with Gasteiger partial charge in [-0.3, -0.25) is 19.1 Å². The molecule has 5 rings (SSSR count). The highest BCUT2D eigenvalue weighted by atomic mass is 35.5. The summed E-state index contributed by atoms with van der Waals surface area (Å²) >= 11 is 6.72. The molecule has 1 aliphatic heterocycles. The molecule has 39 heavy (non-hydrogen) atoms. The lowest BCUT2D eigenvalue weighted by molar-refractivity contribution is -0.446. The van der Waals surface area contributed by atoms with Gasteiger partial charge in [0, 0.05) is 56.2 Å². The average molecular weight is 549 g/mol. The molecule has 2 aromatic heterocycles. The topological polar surface area (TPSA) is 95.2 Å². The summed E-state index contributed by atoms with van der Waals surface area (Å²) in [6, 6.07) is 8.27. The number of hydrogen-bond acceptors (Lipinski definition) is 4. The van der Waals surface area contributed by atoms with Crippen molar-refractivity contribution in [3.05, 3.63) is 91.9 Å². The van der Waals surface area contributed by atoms with Crippen LogP contribution in [0.4, 0.5) is 4.39 Å². The van der Waals surface area contributed by atoms with Crippen molar-refractivity contribution in [2.24, 2.45) is 11.7 Å². The molecule has 1 fully saturated rings. The van der Waals surface area contributed by atoms with Crippen LogP contribution in [0.5, 0.6) is 0 Å². The largest absolute Gasteiger partial charge is 0.404 e. The third kappa shape index (κ3) is 4.78. The first-order valence-electron chi connectivity index (χ1n) is 13.1. The van der Waals surface area contributed by atoms with E-state index >= 15 is 4.39 Å². The van der Waals surface area contributed by atoms with E-state index in [4.69, 9.17) is 17.3 Å². The molecular weight excluding hydrogens is 517 g/mol. The second-order valence-corrected chi connectivity index (χ2v) is 10.9. The molecule has 1 saturated carbocycles. The number of carbonyl (C=O) groups is 1. The van der Waals surface area contributed by atoms with Crippen LogP contribution in [0, 0.1) is 25.6 Å². The standard InChI is InChI=1S/C30H31ClFN5O2/c1-16-15-35-25(18-7-5-8-19(28(18)32)29(38)36(3)4)13-26(16)37-17(2)11-22(27(31)30(37)39)20-12-21(20)23(14-33)24-9-6-10-34-24/h5,7-8,11,13-15,20-21H,6,9-10,12,33H2,1-4H3/p+1/b23-14-/t20-,21-/m0/s1. The Morgan fingerprint density at radius 2 is 2.05 bits per heavy atom. The Morgan fingerprint density at radius 1 is 1.28 bits per heavy atom. The van der Waals surface area contributed by atoms with Crippen LogP contribution in [0.2, 0.25) is 5.02 Å². The van der Waals surface area contributed by atoms with Crippen molar-refractivity contribution in [1.82, 2.24) is 14.5 Å². The summed E-state index contributed by atoms with van der Waals surface area (Å²) in [5.74, 6) is -0.737. The first-order chi connectivity index (χ1) is 18.6. The van der Waals surface area contributed by atoms with Crippen molar-refractivity contribution >= 4 is 23.2 Å². The Kier molecular flexibility index (Phi) is 7.16. The molecule has 3 N–H and O–H groups in total. The summed E-state index contributed by atoms with van der Waals surface area (Å²) in [6.45, 7) is 4.65. The van der Waals surface area contributed by atoms with E-state index in [1.807, 2.05) is 19.9 Å². The molecule has 1 amide bonds. The van der Waals surface area contributed by atoms with E-state index in [-0.39, 0.29) is 33.5 Å². The maximum absolute atomic E-state index is 15.4. The van der Waals surface area contributed by atoms with E-state index in [9.17, 15) is 9.59 Å². The summed E-state index contributed by atoms with van der Waals surface area (Å²) in [4.78, 5) is 35.3. The zero-order valence-electron chi connectivity index (χ0n) is 22.5. The van der Waals surface area contributed by atoms with Gasteiger partial charge in [-0.2, -0.15) is 0 Å². The molecular formula is C30H32ClFN5O2+. The number of carbonyl (C=O) groups excluding carboxylic acids is 1. The Morgan fingerprint density at radius 3 is 2.72 bits per heavy atom. The lowest BCUT2D eigenvalue weighted by Crippen LogP contribution is -2.69. The van der Waals surface area contributed by atoms with Gasteiger partial charge in [0.1, 0.15) is 17.4 Å². The third-order valence-corrected chi connectivity index (χ3v) is 8.03. The number of aryl methyl sites for hydroxylation is 2. The van der Waals surface area contributed by atoms with Crippen LogP contribution in [-0.4, -0.2) is 46.7 Å². The second kappa shape index (κ2) is 10.4. The number of nitrogens with two attached hydrogens (primary N) is 1. The van der Waals surface area contributed by atoms with Gasteiger partial charge in [-0.05, 0) is 67.5 Å². The quantitative estimate of drug-likeness (QED) is 0.494. The van der Waals surface area contributed by atoms with Gasteiger partial charge in [-0.15, -0.1) is 0 Å². The normalized spacial score (nSPS) is 18.7. The average Bonchev–Trinajstić information content (AvgIpc) is 3.49. The highest BCUT2D eigenvalue weighted by Crippen LogP contribution is 2.53. The maximum atomic E-state index is 15.4. The Hall–Kier alpha value is -3.78. The van der Waals surface area contributed by atoms with Crippen molar-refractivity contribution in [3.8, 4) is 16.9 Å². The molecule has 1 aromatic carbocycles.